The molecule has 0 radical (unpaired) electrons. The van der Waals surface area contributed by atoms with Crippen molar-refractivity contribution in [1.29, 1.82) is 0 Å². The van der Waals surface area contributed by atoms with Crippen LogP contribution in [0.25, 0.3) is 0 Å². The number of carbonyl (C=O) groups is 1. The van der Waals surface area contributed by atoms with Crippen LogP contribution in [0.1, 0.15) is 31.2 Å². The first kappa shape index (κ1) is 21.7. The molecule has 1 aromatic carbocycles. The Balaban J connectivity index is 0.00000312. The predicted molar refractivity (Wildman–Crippen MR) is 114 cm³/mol. The van der Waals surface area contributed by atoms with Crippen LogP contribution < -0.4 is 16.8 Å². The number of likely N-dealkylation sites (tertiary alicyclic amines) is 1. The summed E-state index contributed by atoms with van der Waals surface area (Å²) in [6.07, 6.45) is 3.87. The number of nitrogens with one attached hydrogen (secondary N) is 1. The summed E-state index contributed by atoms with van der Waals surface area (Å²) >= 11 is 0. The first-order valence-electron chi connectivity index (χ1n) is 8.70. The number of anilines is 1. The molecule has 25 heavy (non-hydrogen) atoms. The lowest BCUT2D eigenvalue weighted by Gasteiger charge is -2.30. The summed E-state index contributed by atoms with van der Waals surface area (Å²) in [6, 6.07) is 8.06. The summed E-state index contributed by atoms with van der Waals surface area (Å²) in [5, 5.41) is 3.10. The molecule has 1 fully saturated rings. The third kappa shape index (κ3) is 8.04. The largest absolute Gasteiger partial charge is 0.370 e. The zero-order chi connectivity index (χ0) is 17.4. The molecule has 5 N–H and O–H groups in total. The lowest BCUT2D eigenvalue weighted by molar-refractivity contribution is -0.123. The average molecular weight is 459 g/mol. The van der Waals surface area contributed by atoms with Crippen molar-refractivity contribution in [1.82, 2.24) is 4.90 Å². The van der Waals surface area contributed by atoms with E-state index in [2.05, 4.69) is 22.1 Å². The zero-order valence-corrected chi connectivity index (χ0v) is 17.2. The number of hydrogen-bond donors (Lipinski definition) is 3. The highest BCUT2D eigenvalue weighted by Crippen LogP contribution is 2.16. The molecule has 1 saturated heterocycles. The number of guanidine groups is 1. The minimum absolute atomic E-state index is 0. The summed E-state index contributed by atoms with van der Waals surface area (Å²) < 4.78 is 0. The van der Waals surface area contributed by atoms with Gasteiger partial charge in [-0.25, -0.2) is 0 Å². The number of aryl methyl sites for hydroxylation is 1. The van der Waals surface area contributed by atoms with Gasteiger partial charge in [0.1, 0.15) is 0 Å². The van der Waals surface area contributed by atoms with E-state index in [-0.39, 0.29) is 35.8 Å². The Labute approximate surface area is 167 Å². The molecular weight excluding hydrogens is 429 g/mol. The Kier molecular flexibility index (Phi) is 9.81. The summed E-state index contributed by atoms with van der Waals surface area (Å²) in [5.74, 6) is 0.375. The van der Waals surface area contributed by atoms with Crippen molar-refractivity contribution in [3.8, 4) is 0 Å². The number of primary amides is 1. The van der Waals surface area contributed by atoms with Gasteiger partial charge in [-0.1, -0.05) is 17.7 Å². The molecule has 0 spiro atoms. The first-order chi connectivity index (χ1) is 11.5. The summed E-state index contributed by atoms with van der Waals surface area (Å²) in [6.45, 7) is 5.76. The third-order valence-corrected chi connectivity index (χ3v) is 4.48. The maximum Gasteiger partial charge on any atom is 0.220 e. The number of unbranched alkanes of at least 4 members (excludes halogenated alkanes) is 1. The number of amides is 1. The molecule has 7 heteroatoms. The molecule has 1 aliphatic rings. The van der Waals surface area contributed by atoms with E-state index < -0.39 is 0 Å². The second-order valence-electron chi connectivity index (χ2n) is 6.48. The average Bonchev–Trinajstić information content (AvgIpc) is 2.57. The van der Waals surface area contributed by atoms with E-state index >= 15 is 0 Å². The smallest absolute Gasteiger partial charge is 0.220 e. The molecule has 1 amide bonds. The van der Waals surface area contributed by atoms with Crippen molar-refractivity contribution in [3.05, 3.63) is 29.8 Å². The topological polar surface area (TPSA) is 96.7 Å². The van der Waals surface area contributed by atoms with E-state index in [1.165, 1.54) is 5.56 Å². The molecule has 6 nitrogen and oxygen atoms in total. The highest BCUT2D eigenvalue weighted by Gasteiger charge is 2.22. The number of benzene rings is 1. The number of hydrogen-bond acceptors (Lipinski definition) is 3. The van der Waals surface area contributed by atoms with Gasteiger partial charge in [-0.3, -0.25) is 9.79 Å². The molecule has 0 atom stereocenters. The number of piperidine rings is 1. The monoisotopic (exact) mass is 459 g/mol. The normalized spacial score (nSPS) is 16.3. The molecule has 140 valence electrons. The summed E-state index contributed by atoms with van der Waals surface area (Å²) in [4.78, 5) is 17.9. The summed E-state index contributed by atoms with van der Waals surface area (Å²) in [5.41, 5.74) is 13.4. The molecule has 2 rings (SSSR count). The standard InChI is InChI=1S/C18H29N5O.HI/c1-14-4-6-16(7-5-14)22-18(20)21-10-2-3-11-23-12-8-15(9-13-23)17(19)24;/h4-7,15H,2-3,8-13H2,1H3,(H2,19,24)(H3,20,21,22);1H. The van der Waals surface area contributed by atoms with Crippen LogP contribution in [0.4, 0.5) is 5.69 Å². The van der Waals surface area contributed by atoms with E-state index in [1.807, 2.05) is 24.3 Å². The Morgan fingerprint density at radius 2 is 1.84 bits per heavy atom. The van der Waals surface area contributed by atoms with Crippen molar-refractivity contribution < 1.29 is 4.79 Å². The van der Waals surface area contributed by atoms with Crippen LogP contribution in [-0.4, -0.2) is 42.9 Å². The molecule has 0 unspecified atom stereocenters. The third-order valence-electron chi connectivity index (χ3n) is 4.48. The quantitative estimate of drug-likeness (QED) is 0.252. The van der Waals surface area contributed by atoms with Gasteiger partial charge >= 0.3 is 0 Å². The van der Waals surface area contributed by atoms with Crippen LogP contribution in [0.2, 0.25) is 0 Å². The lowest BCUT2D eigenvalue weighted by Crippen LogP contribution is -2.38. The number of nitrogens with zero attached hydrogens (tertiary/aromatic N) is 2. The van der Waals surface area contributed by atoms with Crippen molar-refractivity contribution in [2.75, 3.05) is 31.5 Å². The Hall–Kier alpha value is -1.35. The highest BCUT2D eigenvalue weighted by molar-refractivity contribution is 14.0. The van der Waals surface area contributed by atoms with Gasteiger partial charge in [0.25, 0.3) is 0 Å². The van der Waals surface area contributed by atoms with Crippen molar-refractivity contribution >= 4 is 41.5 Å². The van der Waals surface area contributed by atoms with Gasteiger partial charge in [-0.15, -0.1) is 24.0 Å². The summed E-state index contributed by atoms with van der Waals surface area (Å²) in [7, 11) is 0. The van der Waals surface area contributed by atoms with Crippen molar-refractivity contribution in [2.45, 2.75) is 32.6 Å². The van der Waals surface area contributed by atoms with E-state index in [4.69, 9.17) is 11.5 Å². The fourth-order valence-electron chi connectivity index (χ4n) is 2.91. The second-order valence-corrected chi connectivity index (χ2v) is 6.48. The molecular formula is C18H30IN5O. The molecule has 1 aromatic rings. The van der Waals surface area contributed by atoms with E-state index in [0.717, 1.165) is 57.5 Å². The minimum Gasteiger partial charge on any atom is -0.370 e. The fourth-order valence-corrected chi connectivity index (χ4v) is 2.91. The van der Waals surface area contributed by atoms with Gasteiger partial charge in [-0.05, 0) is 64.4 Å². The van der Waals surface area contributed by atoms with Gasteiger partial charge < -0.3 is 21.7 Å². The van der Waals surface area contributed by atoms with Gasteiger partial charge in [0, 0.05) is 18.2 Å². The van der Waals surface area contributed by atoms with Gasteiger partial charge in [0.05, 0.1) is 0 Å². The maximum atomic E-state index is 11.1. The first-order valence-corrected chi connectivity index (χ1v) is 8.70. The number of nitrogens with two attached hydrogens (primary N) is 2. The SMILES string of the molecule is Cc1ccc(NC(N)=NCCCCN2CCC(C(N)=O)CC2)cc1.I. The predicted octanol–water partition coefficient (Wildman–Crippen LogP) is 2.32. The minimum atomic E-state index is -0.152. The van der Waals surface area contributed by atoms with Crippen LogP contribution in [0.3, 0.4) is 0 Å². The number of carbonyl (C=O) groups excluding carboxylic acids is 1. The molecule has 0 bridgehead atoms. The van der Waals surface area contributed by atoms with E-state index in [0.29, 0.717) is 5.96 Å². The van der Waals surface area contributed by atoms with Crippen molar-refractivity contribution in [2.24, 2.45) is 22.4 Å². The number of aliphatic imine (C=N–C) groups is 1. The fraction of sp³-hybridized carbons (Fsp3) is 0.556. The zero-order valence-electron chi connectivity index (χ0n) is 14.9. The molecule has 1 aliphatic heterocycles. The number of halogens is 1. The second kappa shape index (κ2) is 11.3. The van der Waals surface area contributed by atoms with Crippen LogP contribution in [-0.2, 0) is 4.79 Å². The molecule has 0 saturated carbocycles. The van der Waals surface area contributed by atoms with E-state index in [1.54, 1.807) is 0 Å². The van der Waals surface area contributed by atoms with Crippen molar-refractivity contribution in [3.63, 3.8) is 0 Å². The molecule has 0 aliphatic carbocycles. The Morgan fingerprint density at radius 3 is 2.44 bits per heavy atom. The molecule has 1 heterocycles. The maximum absolute atomic E-state index is 11.1. The van der Waals surface area contributed by atoms with Gasteiger partial charge in [0.15, 0.2) is 5.96 Å². The lowest BCUT2D eigenvalue weighted by atomic mass is 9.96. The van der Waals surface area contributed by atoms with Crippen LogP contribution in [0, 0.1) is 12.8 Å². The highest BCUT2D eigenvalue weighted by atomic mass is 127. The van der Waals surface area contributed by atoms with Crippen LogP contribution in [0.5, 0.6) is 0 Å². The Bertz CT molecular complexity index is 553. The van der Waals surface area contributed by atoms with Crippen LogP contribution >= 0.6 is 24.0 Å². The Morgan fingerprint density at radius 1 is 1.20 bits per heavy atom. The van der Waals surface area contributed by atoms with E-state index in [9.17, 15) is 4.79 Å². The molecule has 0 aromatic heterocycles. The van der Waals surface area contributed by atoms with Gasteiger partial charge in [0.2, 0.25) is 5.91 Å². The number of rotatable bonds is 7. The van der Waals surface area contributed by atoms with Gasteiger partial charge in [-0.2, -0.15) is 0 Å². The van der Waals surface area contributed by atoms with Crippen LogP contribution in [0.15, 0.2) is 29.3 Å².